The van der Waals surface area contributed by atoms with Crippen LogP contribution >= 0.6 is 0 Å². The molecule has 0 fully saturated rings. The number of hydrogen-bond acceptors (Lipinski definition) is 3. The van der Waals surface area contributed by atoms with E-state index in [1.165, 1.54) is 0 Å². The Balaban J connectivity index is 2.06. The summed E-state index contributed by atoms with van der Waals surface area (Å²) in [7, 11) is 0. The fourth-order valence-electron chi connectivity index (χ4n) is 2.29. The van der Waals surface area contributed by atoms with Crippen LogP contribution in [0.4, 0.5) is 0 Å². The molecule has 0 aliphatic carbocycles. The molecule has 4 nitrogen and oxygen atoms in total. The summed E-state index contributed by atoms with van der Waals surface area (Å²) in [6.45, 7) is 7.08. The van der Waals surface area contributed by atoms with Gasteiger partial charge in [0.05, 0.1) is 6.10 Å². The molecule has 1 amide bonds. The van der Waals surface area contributed by atoms with Gasteiger partial charge < -0.3 is 15.8 Å². The van der Waals surface area contributed by atoms with E-state index in [4.69, 9.17) is 10.5 Å². The Hall–Kier alpha value is -2.33. The molecular formula is C20H26N2O2. The average molecular weight is 326 g/mol. The highest BCUT2D eigenvalue weighted by Gasteiger charge is 2.10. The van der Waals surface area contributed by atoms with E-state index in [1.807, 2.05) is 44.2 Å². The molecule has 24 heavy (non-hydrogen) atoms. The third kappa shape index (κ3) is 4.83. The van der Waals surface area contributed by atoms with Gasteiger partial charge in [-0.15, -0.1) is 0 Å². The van der Waals surface area contributed by atoms with Gasteiger partial charge in [0.15, 0.2) is 0 Å². The SMILES string of the molecule is CCC(C)Oc1cc(C)ccc1CNC(=O)c1ccc(CN)cc1. The first kappa shape index (κ1) is 18.0. The van der Waals surface area contributed by atoms with Crippen LogP contribution in [0, 0.1) is 6.92 Å². The van der Waals surface area contributed by atoms with Crippen molar-refractivity contribution in [2.24, 2.45) is 5.73 Å². The van der Waals surface area contributed by atoms with Crippen molar-refractivity contribution in [2.45, 2.75) is 46.4 Å². The lowest BCUT2D eigenvalue weighted by Gasteiger charge is -2.17. The Morgan fingerprint density at radius 2 is 1.92 bits per heavy atom. The number of ether oxygens (including phenoxy) is 1. The van der Waals surface area contributed by atoms with Gasteiger partial charge >= 0.3 is 0 Å². The van der Waals surface area contributed by atoms with Crippen LogP contribution in [0.5, 0.6) is 5.75 Å². The van der Waals surface area contributed by atoms with Gasteiger partial charge in [-0.2, -0.15) is 0 Å². The molecule has 0 saturated heterocycles. The molecule has 0 bridgehead atoms. The molecule has 0 aromatic heterocycles. The number of carbonyl (C=O) groups excluding carboxylic acids is 1. The van der Waals surface area contributed by atoms with Crippen LogP contribution < -0.4 is 15.8 Å². The zero-order chi connectivity index (χ0) is 17.5. The summed E-state index contributed by atoms with van der Waals surface area (Å²) in [5.41, 5.74) is 9.33. The van der Waals surface area contributed by atoms with Gasteiger partial charge in [-0.25, -0.2) is 0 Å². The minimum absolute atomic E-state index is 0.103. The summed E-state index contributed by atoms with van der Waals surface area (Å²) >= 11 is 0. The smallest absolute Gasteiger partial charge is 0.251 e. The number of amides is 1. The number of rotatable bonds is 7. The molecule has 1 atom stereocenters. The maximum Gasteiger partial charge on any atom is 0.251 e. The predicted molar refractivity (Wildman–Crippen MR) is 97.1 cm³/mol. The largest absolute Gasteiger partial charge is 0.490 e. The van der Waals surface area contributed by atoms with Crippen LogP contribution in [-0.4, -0.2) is 12.0 Å². The van der Waals surface area contributed by atoms with Gasteiger partial charge in [0.2, 0.25) is 0 Å². The van der Waals surface area contributed by atoms with Crippen LogP contribution in [0.3, 0.4) is 0 Å². The molecule has 3 N–H and O–H groups in total. The summed E-state index contributed by atoms with van der Waals surface area (Å²) in [6, 6.07) is 13.4. The Labute approximate surface area is 144 Å². The van der Waals surface area contributed by atoms with E-state index < -0.39 is 0 Å². The molecule has 4 heteroatoms. The van der Waals surface area contributed by atoms with E-state index in [0.717, 1.165) is 28.9 Å². The summed E-state index contributed by atoms with van der Waals surface area (Å²) in [4.78, 5) is 12.3. The Bertz CT molecular complexity index is 681. The summed E-state index contributed by atoms with van der Waals surface area (Å²) in [6.07, 6.45) is 1.08. The zero-order valence-corrected chi connectivity index (χ0v) is 14.6. The van der Waals surface area contributed by atoms with E-state index in [9.17, 15) is 4.79 Å². The first-order chi connectivity index (χ1) is 11.5. The minimum Gasteiger partial charge on any atom is -0.490 e. The second kappa shape index (κ2) is 8.50. The van der Waals surface area contributed by atoms with Crippen molar-refractivity contribution in [3.8, 4) is 5.75 Å². The van der Waals surface area contributed by atoms with Gasteiger partial charge in [-0.3, -0.25) is 4.79 Å². The van der Waals surface area contributed by atoms with Crippen LogP contribution in [0.2, 0.25) is 0 Å². The predicted octanol–water partition coefficient (Wildman–Crippen LogP) is 3.56. The third-order valence-electron chi connectivity index (χ3n) is 4.02. The standard InChI is InChI=1S/C20H26N2O2/c1-4-15(3)24-19-11-14(2)5-8-18(19)13-22-20(23)17-9-6-16(12-21)7-10-17/h5-11,15H,4,12-13,21H2,1-3H3,(H,22,23). The maximum absolute atomic E-state index is 12.3. The zero-order valence-electron chi connectivity index (χ0n) is 14.6. The fourth-order valence-corrected chi connectivity index (χ4v) is 2.29. The van der Waals surface area contributed by atoms with Gasteiger partial charge in [0, 0.05) is 24.2 Å². The number of benzene rings is 2. The van der Waals surface area contributed by atoms with E-state index in [-0.39, 0.29) is 12.0 Å². The molecule has 1 unspecified atom stereocenters. The Morgan fingerprint density at radius 3 is 2.54 bits per heavy atom. The summed E-state index contributed by atoms with van der Waals surface area (Å²) < 4.78 is 5.98. The first-order valence-electron chi connectivity index (χ1n) is 8.36. The molecule has 0 radical (unpaired) electrons. The minimum atomic E-state index is -0.103. The maximum atomic E-state index is 12.3. The number of nitrogens with one attached hydrogen (secondary N) is 1. The Kier molecular flexibility index (Phi) is 6.38. The molecule has 2 aromatic carbocycles. The highest BCUT2D eigenvalue weighted by molar-refractivity contribution is 5.94. The quantitative estimate of drug-likeness (QED) is 0.817. The van der Waals surface area contributed by atoms with Gasteiger partial charge in [-0.05, 0) is 49.6 Å². The van der Waals surface area contributed by atoms with Gasteiger partial charge in [-0.1, -0.05) is 31.2 Å². The number of nitrogens with two attached hydrogens (primary N) is 1. The molecular weight excluding hydrogens is 300 g/mol. The number of hydrogen-bond donors (Lipinski definition) is 2. The number of aryl methyl sites for hydroxylation is 1. The van der Waals surface area contributed by atoms with E-state index in [0.29, 0.717) is 18.7 Å². The lowest BCUT2D eigenvalue weighted by Crippen LogP contribution is -2.23. The molecule has 0 spiro atoms. The fraction of sp³-hybridized carbons (Fsp3) is 0.350. The van der Waals surface area contributed by atoms with Gasteiger partial charge in [0.25, 0.3) is 5.91 Å². The molecule has 0 aliphatic rings. The Morgan fingerprint density at radius 1 is 1.21 bits per heavy atom. The van der Waals surface area contributed by atoms with Gasteiger partial charge in [0.1, 0.15) is 5.75 Å². The van der Waals surface area contributed by atoms with Crippen LogP contribution in [0.25, 0.3) is 0 Å². The lowest BCUT2D eigenvalue weighted by atomic mass is 10.1. The average Bonchev–Trinajstić information content (AvgIpc) is 2.60. The molecule has 0 aliphatic heterocycles. The second-order valence-corrected chi connectivity index (χ2v) is 6.03. The van der Waals surface area contributed by atoms with Crippen LogP contribution in [0.15, 0.2) is 42.5 Å². The highest BCUT2D eigenvalue weighted by Crippen LogP contribution is 2.22. The van der Waals surface area contributed by atoms with Crippen molar-refractivity contribution < 1.29 is 9.53 Å². The van der Waals surface area contributed by atoms with E-state index in [1.54, 1.807) is 12.1 Å². The molecule has 0 saturated carbocycles. The summed E-state index contributed by atoms with van der Waals surface area (Å²) in [5.74, 6) is 0.733. The van der Waals surface area contributed by atoms with Crippen molar-refractivity contribution in [3.05, 3.63) is 64.7 Å². The van der Waals surface area contributed by atoms with E-state index >= 15 is 0 Å². The van der Waals surface area contributed by atoms with E-state index in [2.05, 4.69) is 12.2 Å². The first-order valence-corrected chi connectivity index (χ1v) is 8.36. The van der Waals surface area contributed by atoms with Crippen molar-refractivity contribution in [3.63, 3.8) is 0 Å². The lowest BCUT2D eigenvalue weighted by molar-refractivity contribution is 0.0950. The normalized spacial score (nSPS) is 11.8. The monoisotopic (exact) mass is 326 g/mol. The molecule has 2 aromatic rings. The third-order valence-corrected chi connectivity index (χ3v) is 4.02. The highest BCUT2D eigenvalue weighted by atomic mass is 16.5. The van der Waals surface area contributed by atoms with Crippen molar-refractivity contribution >= 4 is 5.91 Å². The van der Waals surface area contributed by atoms with Crippen molar-refractivity contribution in [1.29, 1.82) is 0 Å². The molecule has 2 rings (SSSR count). The van der Waals surface area contributed by atoms with Crippen molar-refractivity contribution in [2.75, 3.05) is 0 Å². The van der Waals surface area contributed by atoms with Crippen LogP contribution in [0.1, 0.15) is 47.3 Å². The summed E-state index contributed by atoms with van der Waals surface area (Å²) in [5, 5.41) is 2.95. The molecule has 0 heterocycles. The van der Waals surface area contributed by atoms with Crippen molar-refractivity contribution in [1.82, 2.24) is 5.32 Å². The van der Waals surface area contributed by atoms with Crippen LogP contribution in [-0.2, 0) is 13.1 Å². The topological polar surface area (TPSA) is 64.3 Å². The second-order valence-electron chi connectivity index (χ2n) is 6.03. The molecule has 128 valence electrons. The number of carbonyl (C=O) groups is 1.